The van der Waals surface area contributed by atoms with E-state index in [0.717, 1.165) is 6.08 Å². The molecular formula is C10H12CaO2. The van der Waals surface area contributed by atoms with Gasteiger partial charge in [0, 0.05) is 6.08 Å². The van der Waals surface area contributed by atoms with Crippen molar-refractivity contribution in [2.75, 3.05) is 0 Å². The quantitative estimate of drug-likeness (QED) is 0.583. The molecule has 0 atom stereocenters. The Morgan fingerprint density at radius 2 is 1.92 bits per heavy atom. The number of rotatable bonds is 2. The van der Waals surface area contributed by atoms with Crippen molar-refractivity contribution in [1.82, 2.24) is 0 Å². The molecule has 0 aliphatic heterocycles. The van der Waals surface area contributed by atoms with Gasteiger partial charge in [-0.25, -0.2) is 4.79 Å². The number of carbonyl (C=O) groups is 1. The van der Waals surface area contributed by atoms with Crippen molar-refractivity contribution in [3.63, 3.8) is 0 Å². The van der Waals surface area contributed by atoms with Gasteiger partial charge in [0.15, 0.2) is 0 Å². The van der Waals surface area contributed by atoms with Gasteiger partial charge in [0.1, 0.15) is 0 Å². The van der Waals surface area contributed by atoms with Crippen molar-refractivity contribution < 1.29 is 9.90 Å². The summed E-state index contributed by atoms with van der Waals surface area (Å²) in [5, 5.41) is 7.60. The molecule has 0 unspecified atom stereocenters. The van der Waals surface area contributed by atoms with E-state index in [9.17, 15) is 4.79 Å². The van der Waals surface area contributed by atoms with Crippen LogP contribution in [0.4, 0.5) is 0 Å². The van der Waals surface area contributed by atoms with Crippen LogP contribution in [0, 0.1) is 0 Å². The van der Waals surface area contributed by atoms with Crippen molar-refractivity contribution in [3.05, 3.63) is 43.0 Å². The first-order valence-electron chi connectivity index (χ1n) is 4.10. The first-order chi connectivity index (χ1) is 6.20. The minimum absolute atomic E-state index is 0.276. The number of aliphatic carboxylic acids is 1. The Balaban J connectivity index is 0.000000252. The molecule has 1 aromatic carbocycles. The van der Waals surface area contributed by atoms with Crippen LogP contribution in [0.1, 0.15) is 0 Å². The monoisotopic (exact) mass is 204 g/mol. The third kappa shape index (κ3) is 8.03. The van der Waals surface area contributed by atoms with E-state index in [2.05, 4.69) is 39.9 Å². The Morgan fingerprint density at radius 1 is 1.46 bits per heavy atom. The molecule has 1 rings (SSSR count). The zero-order valence-electron chi connectivity index (χ0n) is 7.73. The molecule has 0 aliphatic carbocycles. The van der Waals surface area contributed by atoms with Crippen molar-refractivity contribution in [2.24, 2.45) is 0 Å². The van der Waals surface area contributed by atoms with E-state index in [4.69, 9.17) is 5.11 Å². The van der Waals surface area contributed by atoms with Crippen LogP contribution in [0.2, 0.25) is 3.02 Å². The van der Waals surface area contributed by atoms with Crippen molar-refractivity contribution in [3.8, 4) is 0 Å². The molecule has 0 heterocycles. The second kappa shape index (κ2) is 8.30. The molecule has 0 saturated carbocycles. The summed E-state index contributed by atoms with van der Waals surface area (Å²) in [5.74, 6) is -0.981. The van der Waals surface area contributed by atoms with E-state index < -0.39 is 5.97 Å². The molecule has 0 aliphatic rings. The first-order valence-corrected chi connectivity index (χ1v) is 7.41. The van der Waals surface area contributed by atoms with Crippen LogP contribution in [0.5, 0.6) is 0 Å². The van der Waals surface area contributed by atoms with E-state index in [-0.39, 0.29) is 33.8 Å². The van der Waals surface area contributed by atoms with E-state index in [0.29, 0.717) is 0 Å². The second-order valence-corrected chi connectivity index (χ2v) is 4.76. The summed E-state index contributed by atoms with van der Waals surface area (Å²) in [7, 11) is 0. The molecule has 66 valence electrons. The summed E-state index contributed by atoms with van der Waals surface area (Å²) in [4.78, 5) is 9.25. The average molecular weight is 204 g/mol. The van der Waals surface area contributed by atoms with Crippen molar-refractivity contribution in [2.45, 2.75) is 3.02 Å². The van der Waals surface area contributed by atoms with Crippen LogP contribution in [-0.4, -0.2) is 44.9 Å². The molecule has 1 aromatic rings. The van der Waals surface area contributed by atoms with Crippen molar-refractivity contribution in [1.29, 1.82) is 0 Å². The number of hydrogen-bond donors (Lipinski definition) is 1. The average Bonchev–Trinajstić information content (AvgIpc) is 2.20. The van der Waals surface area contributed by atoms with Gasteiger partial charge >= 0.3 is 74.8 Å². The fraction of sp³-hybridized carbons (Fsp3) is 0.100. The van der Waals surface area contributed by atoms with Gasteiger partial charge in [-0.05, 0) is 0 Å². The second-order valence-electron chi connectivity index (χ2n) is 2.38. The molecule has 0 saturated heterocycles. The number of hydrogen-bond acceptors (Lipinski definition) is 1. The van der Waals surface area contributed by atoms with Crippen LogP contribution >= 0.6 is 0 Å². The summed E-state index contributed by atoms with van der Waals surface area (Å²) >= 11 is -0.276. The topological polar surface area (TPSA) is 37.3 Å². The summed E-state index contributed by atoms with van der Waals surface area (Å²) in [6, 6.07) is 10.7. The zero-order chi connectivity index (χ0) is 10.1. The molecule has 0 bridgehead atoms. The minimum atomic E-state index is -0.981. The molecule has 3 heteroatoms. The van der Waals surface area contributed by atoms with E-state index >= 15 is 0 Å². The van der Waals surface area contributed by atoms with E-state index in [1.807, 2.05) is 0 Å². The van der Waals surface area contributed by atoms with E-state index in [1.54, 1.807) is 1.66 Å². The van der Waals surface area contributed by atoms with Gasteiger partial charge in [-0.3, -0.25) is 0 Å². The molecule has 1 N–H and O–H groups in total. The first kappa shape index (κ1) is 12.7. The van der Waals surface area contributed by atoms with Crippen LogP contribution in [-0.2, 0) is 4.79 Å². The van der Waals surface area contributed by atoms with Gasteiger partial charge in [0.25, 0.3) is 0 Å². The summed E-state index contributed by atoms with van der Waals surface area (Å²) in [5.41, 5.74) is 0. The zero-order valence-corrected chi connectivity index (χ0v) is 9.94. The molecule has 13 heavy (non-hydrogen) atoms. The summed E-state index contributed by atoms with van der Waals surface area (Å²) in [6.45, 7) is 2.96. The molecule has 0 fully saturated rings. The molecular weight excluding hydrogens is 192 g/mol. The predicted molar refractivity (Wildman–Crippen MR) is 55.5 cm³/mol. The predicted octanol–water partition coefficient (Wildman–Crippen LogP) is 1.32. The van der Waals surface area contributed by atoms with E-state index in [1.165, 1.54) is 0 Å². The molecule has 0 spiro atoms. The third-order valence-corrected chi connectivity index (χ3v) is 3.44. The summed E-state index contributed by atoms with van der Waals surface area (Å²) in [6.07, 6.45) is 0.833. The van der Waals surface area contributed by atoms with Gasteiger partial charge < -0.3 is 5.11 Å². The van der Waals surface area contributed by atoms with Gasteiger partial charge in [0.2, 0.25) is 0 Å². The normalized spacial score (nSPS) is 7.46. The van der Waals surface area contributed by atoms with Crippen LogP contribution in [0.25, 0.3) is 0 Å². The Labute approximate surface area is 96.6 Å². The van der Waals surface area contributed by atoms with Gasteiger partial charge in [-0.2, -0.15) is 0 Å². The van der Waals surface area contributed by atoms with Crippen LogP contribution in [0.15, 0.2) is 43.0 Å². The molecule has 2 nitrogen and oxygen atoms in total. The van der Waals surface area contributed by atoms with Gasteiger partial charge in [-0.1, -0.05) is 6.58 Å². The number of carboxylic acid groups (broad SMARTS) is 1. The van der Waals surface area contributed by atoms with Crippen molar-refractivity contribution >= 4 is 41.5 Å². The molecule has 0 amide bonds. The summed E-state index contributed by atoms with van der Waals surface area (Å²) < 4.78 is 3.95. The maximum atomic E-state index is 9.25. The van der Waals surface area contributed by atoms with Crippen LogP contribution in [0.3, 0.4) is 0 Å². The molecule has 0 aromatic heterocycles. The Kier molecular flexibility index (Phi) is 8.10. The van der Waals surface area contributed by atoms with Crippen LogP contribution < -0.4 is 1.66 Å². The van der Waals surface area contributed by atoms with Gasteiger partial charge in [0.05, 0.1) is 0 Å². The fourth-order valence-electron chi connectivity index (χ4n) is 0.714. The Morgan fingerprint density at radius 3 is 2.15 bits per heavy atom. The standard InChI is InChI=1S/C6H5.C3H4O2.CH3.Ca/c1-2-4-6-5-3-1;1-2-3(4)5;;/h1-5H;2H,1H2,(H,4,5);1H3;. The SMILES string of the molecule is C=CC(=O)O.[CH3][Ca][c]1ccccc1. The fourth-order valence-corrected chi connectivity index (χ4v) is 1.87. The molecule has 0 radical (unpaired) electrons. The Hall–Kier alpha value is -0.310. The Bertz CT molecular complexity index is 257. The number of benzene rings is 1. The third-order valence-electron chi connectivity index (χ3n) is 1.43. The maximum absolute atomic E-state index is 9.25. The number of carboxylic acids is 1. The van der Waals surface area contributed by atoms with Gasteiger partial charge in [-0.15, -0.1) is 0 Å².